The zero-order valence-corrected chi connectivity index (χ0v) is 13.4. The Bertz CT molecular complexity index is 487. The van der Waals surface area contributed by atoms with Crippen molar-refractivity contribution in [3.8, 4) is 0 Å². The predicted molar refractivity (Wildman–Crippen MR) is 88.7 cm³/mol. The summed E-state index contributed by atoms with van der Waals surface area (Å²) in [5.41, 5.74) is 0.877. The molecule has 120 valence electrons. The monoisotopic (exact) mass is 302 g/mol. The van der Waals surface area contributed by atoms with Crippen LogP contribution >= 0.6 is 0 Å². The summed E-state index contributed by atoms with van der Waals surface area (Å²) >= 11 is 0. The molecule has 1 aromatic rings. The molecule has 0 aliphatic carbocycles. The topological polar surface area (TPSA) is 49.4 Å². The molecule has 0 radical (unpaired) electrons. The number of hydrogen-bond acceptors (Lipinski definition) is 2. The second-order valence-corrected chi connectivity index (χ2v) is 5.95. The Hall–Kier alpha value is -1.84. The molecular formula is C18H26N2O2. The standard InChI is InChI=1S/C18H26N2O2/c1-2-3-4-5-9-12-19-18(22)15-13-17(21)20(14-15)16-10-7-6-8-11-16/h6-8,10-11,15H,2-5,9,12-14H2,1H3,(H,19,22). The second-order valence-electron chi connectivity index (χ2n) is 5.95. The number of rotatable bonds is 8. The van der Waals surface area contributed by atoms with E-state index >= 15 is 0 Å². The highest BCUT2D eigenvalue weighted by Gasteiger charge is 2.34. The maximum absolute atomic E-state index is 12.2. The van der Waals surface area contributed by atoms with Gasteiger partial charge in [-0.05, 0) is 18.6 Å². The number of hydrogen-bond donors (Lipinski definition) is 1. The third kappa shape index (κ3) is 4.58. The smallest absolute Gasteiger partial charge is 0.227 e. The average Bonchev–Trinajstić information content (AvgIpc) is 2.93. The zero-order chi connectivity index (χ0) is 15.8. The van der Waals surface area contributed by atoms with Crippen molar-refractivity contribution in [2.24, 2.45) is 5.92 Å². The van der Waals surface area contributed by atoms with E-state index < -0.39 is 0 Å². The molecule has 4 nitrogen and oxygen atoms in total. The number of nitrogens with one attached hydrogen (secondary N) is 1. The van der Waals surface area contributed by atoms with E-state index in [0.29, 0.717) is 13.0 Å². The molecule has 0 saturated carbocycles. The van der Waals surface area contributed by atoms with Gasteiger partial charge in [-0.2, -0.15) is 0 Å². The number of para-hydroxylation sites is 1. The van der Waals surface area contributed by atoms with Crippen LogP contribution in [0.5, 0.6) is 0 Å². The van der Waals surface area contributed by atoms with Gasteiger partial charge in [0, 0.05) is 25.2 Å². The SMILES string of the molecule is CCCCCCCNC(=O)C1CC(=O)N(c2ccccc2)C1. The fourth-order valence-electron chi connectivity index (χ4n) is 2.83. The van der Waals surface area contributed by atoms with Gasteiger partial charge >= 0.3 is 0 Å². The highest BCUT2D eigenvalue weighted by Crippen LogP contribution is 2.24. The number of amides is 2. The summed E-state index contributed by atoms with van der Waals surface area (Å²) < 4.78 is 0. The quantitative estimate of drug-likeness (QED) is 0.750. The molecule has 1 unspecified atom stereocenters. The van der Waals surface area contributed by atoms with Crippen LogP contribution in [0.3, 0.4) is 0 Å². The summed E-state index contributed by atoms with van der Waals surface area (Å²) in [5, 5.41) is 2.98. The first-order valence-electron chi connectivity index (χ1n) is 8.35. The fourth-order valence-corrected chi connectivity index (χ4v) is 2.83. The third-order valence-electron chi connectivity index (χ3n) is 4.14. The first-order valence-corrected chi connectivity index (χ1v) is 8.35. The van der Waals surface area contributed by atoms with Gasteiger partial charge in [-0.3, -0.25) is 9.59 Å². The molecule has 0 aromatic heterocycles. The summed E-state index contributed by atoms with van der Waals surface area (Å²) in [5.74, 6) is -0.167. The Morgan fingerprint density at radius 3 is 2.64 bits per heavy atom. The third-order valence-corrected chi connectivity index (χ3v) is 4.14. The average molecular weight is 302 g/mol. The maximum Gasteiger partial charge on any atom is 0.227 e. The highest BCUT2D eigenvalue weighted by molar-refractivity contribution is 6.00. The number of anilines is 1. The minimum absolute atomic E-state index is 0.0160. The summed E-state index contributed by atoms with van der Waals surface area (Å²) in [6.45, 7) is 3.40. The van der Waals surface area contributed by atoms with Crippen LogP contribution in [0.1, 0.15) is 45.4 Å². The van der Waals surface area contributed by atoms with Gasteiger partial charge in [0.1, 0.15) is 0 Å². The molecular weight excluding hydrogens is 276 g/mol. The number of nitrogens with zero attached hydrogens (tertiary/aromatic N) is 1. The van der Waals surface area contributed by atoms with Gasteiger partial charge in [0.05, 0.1) is 5.92 Å². The van der Waals surface area contributed by atoms with E-state index in [1.807, 2.05) is 30.3 Å². The van der Waals surface area contributed by atoms with E-state index in [9.17, 15) is 9.59 Å². The lowest BCUT2D eigenvalue weighted by molar-refractivity contribution is -0.126. The molecule has 1 aliphatic heterocycles. The molecule has 1 aromatic carbocycles. The largest absolute Gasteiger partial charge is 0.356 e. The lowest BCUT2D eigenvalue weighted by Gasteiger charge is -2.16. The van der Waals surface area contributed by atoms with Crippen molar-refractivity contribution >= 4 is 17.5 Å². The second kappa shape index (κ2) is 8.57. The van der Waals surface area contributed by atoms with Gasteiger partial charge in [-0.1, -0.05) is 50.8 Å². The van der Waals surface area contributed by atoms with E-state index in [-0.39, 0.29) is 17.7 Å². The first-order chi connectivity index (χ1) is 10.7. The van der Waals surface area contributed by atoms with Gasteiger partial charge in [0.2, 0.25) is 11.8 Å². The number of benzene rings is 1. The fraction of sp³-hybridized carbons (Fsp3) is 0.556. The summed E-state index contributed by atoms with van der Waals surface area (Å²) in [7, 11) is 0. The summed E-state index contributed by atoms with van der Waals surface area (Å²) in [6, 6.07) is 9.56. The normalized spacial score (nSPS) is 17.8. The Balaban J connectivity index is 1.74. The van der Waals surface area contributed by atoms with Crippen LogP contribution in [0.25, 0.3) is 0 Å². The highest BCUT2D eigenvalue weighted by atomic mass is 16.2. The number of carbonyl (C=O) groups is 2. The van der Waals surface area contributed by atoms with Crippen LogP contribution in [0.15, 0.2) is 30.3 Å². The Morgan fingerprint density at radius 2 is 1.91 bits per heavy atom. The first kappa shape index (κ1) is 16.5. The van der Waals surface area contributed by atoms with Crippen LogP contribution in [0, 0.1) is 5.92 Å². The van der Waals surface area contributed by atoms with Crippen molar-refractivity contribution in [3.05, 3.63) is 30.3 Å². The van der Waals surface area contributed by atoms with E-state index in [1.54, 1.807) is 4.90 Å². The molecule has 1 fully saturated rings. The van der Waals surface area contributed by atoms with Crippen LogP contribution in [0.2, 0.25) is 0 Å². The van der Waals surface area contributed by atoms with Crippen molar-refractivity contribution in [3.63, 3.8) is 0 Å². The molecule has 4 heteroatoms. The molecule has 2 rings (SSSR count). The van der Waals surface area contributed by atoms with Gasteiger partial charge < -0.3 is 10.2 Å². The number of carbonyl (C=O) groups excluding carboxylic acids is 2. The van der Waals surface area contributed by atoms with Crippen LogP contribution in [-0.2, 0) is 9.59 Å². The Labute approximate surface area is 132 Å². The summed E-state index contributed by atoms with van der Waals surface area (Å²) in [6.07, 6.45) is 6.22. The molecule has 1 aliphatic rings. The minimum Gasteiger partial charge on any atom is -0.356 e. The molecule has 1 saturated heterocycles. The van der Waals surface area contributed by atoms with Crippen molar-refractivity contribution < 1.29 is 9.59 Å². The number of unbranched alkanes of at least 4 members (excludes halogenated alkanes) is 4. The van der Waals surface area contributed by atoms with Crippen molar-refractivity contribution in [2.75, 3.05) is 18.0 Å². The van der Waals surface area contributed by atoms with E-state index in [4.69, 9.17) is 0 Å². The van der Waals surface area contributed by atoms with E-state index in [2.05, 4.69) is 12.2 Å². The van der Waals surface area contributed by atoms with Crippen molar-refractivity contribution in [1.29, 1.82) is 0 Å². The molecule has 0 spiro atoms. The van der Waals surface area contributed by atoms with Crippen LogP contribution in [0.4, 0.5) is 5.69 Å². The Kier molecular flexibility index (Phi) is 6.44. The van der Waals surface area contributed by atoms with Crippen LogP contribution < -0.4 is 10.2 Å². The van der Waals surface area contributed by atoms with Gasteiger partial charge in [0.15, 0.2) is 0 Å². The zero-order valence-electron chi connectivity index (χ0n) is 13.4. The summed E-state index contributed by atoms with van der Waals surface area (Å²) in [4.78, 5) is 26.0. The van der Waals surface area contributed by atoms with Crippen LogP contribution in [-0.4, -0.2) is 24.9 Å². The molecule has 2 amide bonds. The van der Waals surface area contributed by atoms with Crippen molar-refractivity contribution in [1.82, 2.24) is 5.32 Å². The predicted octanol–water partition coefficient (Wildman–Crippen LogP) is 3.13. The molecule has 1 heterocycles. The van der Waals surface area contributed by atoms with Gasteiger partial charge in [0.25, 0.3) is 0 Å². The molecule has 1 atom stereocenters. The van der Waals surface area contributed by atoms with Crippen molar-refractivity contribution in [2.45, 2.75) is 45.4 Å². The maximum atomic E-state index is 12.2. The Morgan fingerprint density at radius 1 is 1.18 bits per heavy atom. The molecule has 1 N–H and O–H groups in total. The van der Waals surface area contributed by atoms with Gasteiger partial charge in [-0.15, -0.1) is 0 Å². The van der Waals surface area contributed by atoms with E-state index in [0.717, 1.165) is 25.1 Å². The van der Waals surface area contributed by atoms with Gasteiger partial charge in [-0.25, -0.2) is 0 Å². The lowest BCUT2D eigenvalue weighted by Crippen LogP contribution is -2.33. The lowest BCUT2D eigenvalue weighted by atomic mass is 10.1. The molecule has 0 bridgehead atoms. The van der Waals surface area contributed by atoms with E-state index in [1.165, 1.54) is 19.3 Å². The minimum atomic E-state index is -0.219. The molecule has 22 heavy (non-hydrogen) atoms.